The van der Waals surface area contributed by atoms with Crippen molar-refractivity contribution in [1.29, 1.82) is 0 Å². The number of likely N-dealkylation sites (tertiary alicyclic amines) is 1. The highest BCUT2D eigenvalue weighted by Crippen LogP contribution is 2.23. The lowest BCUT2D eigenvalue weighted by Crippen LogP contribution is -2.41. The van der Waals surface area contributed by atoms with Crippen LogP contribution in [0.25, 0.3) is 11.4 Å². The molecule has 9 heteroatoms. The second-order valence-electron chi connectivity index (χ2n) is 6.62. The Labute approximate surface area is 158 Å². The van der Waals surface area contributed by atoms with Gasteiger partial charge in [0.05, 0.1) is 6.04 Å². The molecule has 2 heterocycles. The second-order valence-corrected chi connectivity index (χ2v) is 6.62. The zero-order chi connectivity index (χ0) is 19.7. The number of nitrogens with zero attached hydrogens (tertiary/aromatic N) is 5. The Morgan fingerprint density at radius 3 is 2.57 bits per heavy atom. The Kier molecular flexibility index (Phi) is 4.81. The molecule has 0 radical (unpaired) electrons. The number of benzene rings is 2. The molecule has 0 unspecified atom stereocenters. The standard InChI is InChI=1S/C19H16F3N5O/c20-14-6-3-12(4-7-14)18-23-25-27(24-18)15-2-1-9-26(11-15)19(28)13-5-8-16(21)17(22)10-13/h3-8,10,15H,1-2,9,11H2/t15-/m0/s1. The second kappa shape index (κ2) is 7.41. The number of piperidine rings is 1. The fourth-order valence-electron chi connectivity index (χ4n) is 3.23. The van der Waals surface area contributed by atoms with Gasteiger partial charge in [0, 0.05) is 24.2 Å². The zero-order valence-electron chi connectivity index (χ0n) is 14.7. The van der Waals surface area contributed by atoms with Crippen LogP contribution in [-0.4, -0.2) is 44.1 Å². The fourth-order valence-corrected chi connectivity index (χ4v) is 3.23. The predicted octanol–water partition coefficient (Wildman–Crippen LogP) is 3.23. The predicted molar refractivity (Wildman–Crippen MR) is 93.7 cm³/mol. The molecule has 1 amide bonds. The van der Waals surface area contributed by atoms with E-state index in [1.54, 1.807) is 17.0 Å². The Hall–Kier alpha value is -3.23. The van der Waals surface area contributed by atoms with E-state index in [1.165, 1.54) is 23.0 Å². The lowest BCUT2D eigenvalue weighted by atomic mass is 10.0. The van der Waals surface area contributed by atoms with Gasteiger partial charge in [-0.15, -0.1) is 10.2 Å². The summed E-state index contributed by atoms with van der Waals surface area (Å²) < 4.78 is 39.6. The van der Waals surface area contributed by atoms with Crippen LogP contribution in [0.4, 0.5) is 13.2 Å². The fraction of sp³-hybridized carbons (Fsp3) is 0.263. The summed E-state index contributed by atoms with van der Waals surface area (Å²) in [5.74, 6) is -2.41. The highest BCUT2D eigenvalue weighted by molar-refractivity contribution is 5.94. The van der Waals surface area contributed by atoms with Crippen molar-refractivity contribution >= 4 is 5.91 Å². The van der Waals surface area contributed by atoms with Crippen molar-refractivity contribution < 1.29 is 18.0 Å². The topological polar surface area (TPSA) is 63.9 Å². The molecular formula is C19H16F3N5O. The van der Waals surface area contributed by atoms with Crippen molar-refractivity contribution in [2.45, 2.75) is 18.9 Å². The highest BCUT2D eigenvalue weighted by atomic mass is 19.2. The normalized spacial score (nSPS) is 17.0. The van der Waals surface area contributed by atoms with Crippen molar-refractivity contribution in [3.63, 3.8) is 0 Å². The average Bonchev–Trinajstić information content (AvgIpc) is 3.20. The number of halogens is 3. The molecule has 1 fully saturated rings. The minimum atomic E-state index is -1.05. The summed E-state index contributed by atoms with van der Waals surface area (Å²) in [6.45, 7) is 0.838. The molecule has 144 valence electrons. The quantitative estimate of drug-likeness (QED) is 0.692. The summed E-state index contributed by atoms with van der Waals surface area (Å²) in [7, 11) is 0. The van der Waals surface area contributed by atoms with Crippen molar-refractivity contribution in [2.75, 3.05) is 13.1 Å². The van der Waals surface area contributed by atoms with Crippen molar-refractivity contribution in [2.24, 2.45) is 0 Å². The molecule has 1 aliphatic rings. The highest BCUT2D eigenvalue weighted by Gasteiger charge is 2.27. The maximum atomic E-state index is 13.4. The number of rotatable bonds is 3. The first-order valence-electron chi connectivity index (χ1n) is 8.81. The van der Waals surface area contributed by atoms with Crippen molar-refractivity contribution in [3.8, 4) is 11.4 Å². The van der Waals surface area contributed by atoms with Gasteiger partial charge in [-0.25, -0.2) is 13.2 Å². The van der Waals surface area contributed by atoms with Gasteiger partial charge in [0.15, 0.2) is 11.6 Å². The molecule has 0 saturated carbocycles. The van der Waals surface area contributed by atoms with E-state index < -0.39 is 11.6 Å². The number of aromatic nitrogens is 4. The molecule has 1 saturated heterocycles. The van der Waals surface area contributed by atoms with Gasteiger partial charge in [-0.3, -0.25) is 4.79 Å². The number of hydrogen-bond acceptors (Lipinski definition) is 4. The van der Waals surface area contributed by atoms with Crippen LogP contribution in [0.15, 0.2) is 42.5 Å². The molecule has 0 N–H and O–H groups in total. The van der Waals surface area contributed by atoms with Gasteiger partial charge in [0.1, 0.15) is 5.82 Å². The average molecular weight is 387 g/mol. The Bertz CT molecular complexity index is 1010. The molecule has 0 aliphatic carbocycles. The summed E-state index contributed by atoms with van der Waals surface area (Å²) in [6.07, 6.45) is 1.47. The smallest absolute Gasteiger partial charge is 0.254 e. The molecule has 6 nitrogen and oxygen atoms in total. The molecule has 1 aromatic heterocycles. The van der Waals surface area contributed by atoms with E-state index in [9.17, 15) is 18.0 Å². The van der Waals surface area contributed by atoms with Crippen LogP contribution in [-0.2, 0) is 0 Å². The SMILES string of the molecule is O=C(c1ccc(F)c(F)c1)N1CCC[C@H](n2nnc(-c3ccc(F)cc3)n2)C1. The first-order chi connectivity index (χ1) is 13.5. The van der Waals surface area contributed by atoms with E-state index in [4.69, 9.17) is 0 Å². The number of hydrogen-bond donors (Lipinski definition) is 0. The van der Waals surface area contributed by atoms with Crippen LogP contribution in [0.1, 0.15) is 29.2 Å². The maximum absolute atomic E-state index is 13.4. The van der Waals surface area contributed by atoms with E-state index in [0.717, 1.165) is 18.6 Å². The molecular weight excluding hydrogens is 371 g/mol. The molecule has 1 aliphatic heterocycles. The van der Waals surface area contributed by atoms with Crippen LogP contribution in [0.5, 0.6) is 0 Å². The van der Waals surface area contributed by atoms with Gasteiger partial charge in [-0.2, -0.15) is 4.80 Å². The van der Waals surface area contributed by atoms with E-state index in [2.05, 4.69) is 15.4 Å². The third-order valence-corrected chi connectivity index (χ3v) is 4.71. The molecule has 3 aromatic rings. The lowest BCUT2D eigenvalue weighted by molar-refractivity contribution is 0.0662. The summed E-state index contributed by atoms with van der Waals surface area (Å²) in [6, 6.07) is 8.69. The third-order valence-electron chi connectivity index (χ3n) is 4.71. The lowest BCUT2D eigenvalue weighted by Gasteiger charge is -2.32. The first-order valence-corrected chi connectivity index (χ1v) is 8.81. The maximum Gasteiger partial charge on any atom is 0.254 e. The number of carbonyl (C=O) groups excluding carboxylic acids is 1. The Morgan fingerprint density at radius 1 is 1.04 bits per heavy atom. The van der Waals surface area contributed by atoms with E-state index in [-0.39, 0.29) is 23.3 Å². The summed E-state index contributed by atoms with van der Waals surface area (Å²) in [4.78, 5) is 15.7. The van der Waals surface area contributed by atoms with Crippen LogP contribution >= 0.6 is 0 Å². The Balaban J connectivity index is 1.50. The van der Waals surface area contributed by atoms with Crippen molar-refractivity contribution in [1.82, 2.24) is 25.1 Å². The van der Waals surface area contributed by atoms with Gasteiger partial charge in [-0.05, 0) is 60.5 Å². The minimum absolute atomic E-state index is 0.0955. The molecule has 0 spiro atoms. The monoisotopic (exact) mass is 387 g/mol. The van der Waals surface area contributed by atoms with Crippen LogP contribution < -0.4 is 0 Å². The van der Waals surface area contributed by atoms with Crippen LogP contribution in [0.2, 0.25) is 0 Å². The van der Waals surface area contributed by atoms with Gasteiger partial charge in [0.25, 0.3) is 5.91 Å². The van der Waals surface area contributed by atoms with Crippen molar-refractivity contribution in [3.05, 3.63) is 65.5 Å². The largest absolute Gasteiger partial charge is 0.336 e. The Morgan fingerprint density at radius 2 is 1.82 bits per heavy atom. The summed E-state index contributed by atoms with van der Waals surface area (Å²) >= 11 is 0. The summed E-state index contributed by atoms with van der Waals surface area (Å²) in [5.41, 5.74) is 0.733. The van der Waals surface area contributed by atoms with E-state index in [0.29, 0.717) is 30.9 Å². The molecule has 2 aromatic carbocycles. The van der Waals surface area contributed by atoms with E-state index in [1.807, 2.05) is 0 Å². The molecule has 4 rings (SSSR count). The van der Waals surface area contributed by atoms with Gasteiger partial charge in [-0.1, -0.05) is 0 Å². The minimum Gasteiger partial charge on any atom is -0.336 e. The summed E-state index contributed by atoms with van der Waals surface area (Å²) in [5, 5.41) is 12.4. The van der Waals surface area contributed by atoms with Gasteiger partial charge in [0.2, 0.25) is 5.82 Å². The van der Waals surface area contributed by atoms with E-state index >= 15 is 0 Å². The van der Waals surface area contributed by atoms with Crippen LogP contribution in [0.3, 0.4) is 0 Å². The first kappa shape index (κ1) is 18.1. The number of carbonyl (C=O) groups is 1. The third kappa shape index (κ3) is 3.60. The van der Waals surface area contributed by atoms with Gasteiger partial charge >= 0.3 is 0 Å². The molecule has 28 heavy (non-hydrogen) atoms. The molecule has 0 bridgehead atoms. The van der Waals surface area contributed by atoms with Gasteiger partial charge < -0.3 is 4.90 Å². The number of tetrazole rings is 1. The zero-order valence-corrected chi connectivity index (χ0v) is 14.7. The number of amides is 1. The van der Waals surface area contributed by atoms with Crippen LogP contribution in [0, 0.1) is 17.5 Å². The molecule has 1 atom stereocenters.